The van der Waals surface area contributed by atoms with E-state index in [0.717, 1.165) is 10.5 Å². The maximum Gasteiger partial charge on any atom is 0.257 e. The molecule has 1 aliphatic rings. The normalized spacial score (nSPS) is 15.9. The number of ether oxygens (including phenoxy) is 2. The molecule has 31 heavy (non-hydrogen) atoms. The smallest absolute Gasteiger partial charge is 0.257 e. The molecular weight excluding hydrogens is 420 g/mol. The summed E-state index contributed by atoms with van der Waals surface area (Å²) in [5.74, 6) is 0.292. The number of hydrogen-bond acceptors (Lipinski definition) is 5. The van der Waals surface area contributed by atoms with Gasteiger partial charge in [-0.1, -0.05) is 24.6 Å². The van der Waals surface area contributed by atoms with Gasteiger partial charge >= 0.3 is 0 Å². The molecule has 0 aromatic heterocycles. The van der Waals surface area contributed by atoms with Crippen LogP contribution in [-0.2, 0) is 20.8 Å². The highest BCUT2D eigenvalue weighted by atomic mass is 35.5. The number of methoxy groups -OCH3 is 2. The first-order valence-electron chi connectivity index (χ1n) is 10.0. The summed E-state index contributed by atoms with van der Waals surface area (Å²) >= 11 is 5.91. The molecular formula is C23H25ClN2O5. The number of imide groups is 1. The second-order valence-corrected chi connectivity index (χ2v) is 7.58. The van der Waals surface area contributed by atoms with Crippen molar-refractivity contribution in [3.05, 3.63) is 53.1 Å². The molecule has 2 aromatic rings. The lowest BCUT2D eigenvalue weighted by Crippen LogP contribution is -2.46. The summed E-state index contributed by atoms with van der Waals surface area (Å²) in [6.45, 7) is 2.05. The van der Waals surface area contributed by atoms with Crippen LogP contribution in [0, 0.1) is 0 Å². The van der Waals surface area contributed by atoms with Crippen LogP contribution in [0.3, 0.4) is 0 Å². The number of carbonyl (C=O) groups excluding carboxylic acids is 3. The highest BCUT2D eigenvalue weighted by Crippen LogP contribution is 2.29. The van der Waals surface area contributed by atoms with Gasteiger partial charge in [-0.05, 0) is 48.4 Å². The van der Waals surface area contributed by atoms with Gasteiger partial charge in [0.15, 0.2) is 11.5 Å². The van der Waals surface area contributed by atoms with Crippen LogP contribution in [0.2, 0.25) is 5.02 Å². The van der Waals surface area contributed by atoms with Crippen LogP contribution >= 0.6 is 11.6 Å². The van der Waals surface area contributed by atoms with Crippen molar-refractivity contribution in [3.8, 4) is 11.5 Å². The highest BCUT2D eigenvalue weighted by Gasteiger charge is 2.43. The minimum Gasteiger partial charge on any atom is -0.493 e. The summed E-state index contributed by atoms with van der Waals surface area (Å²) < 4.78 is 10.6. The standard InChI is InChI=1S/C23H25ClN2O5/c1-4-21(27)25(12-11-15-5-10-19(30-2)20(13-15)31-3)18-14-22(28)26(23(18)29)17-8-6-16(24)7-9-17/h5-10,13,18H,4,11-12,14H2,1-3H3. The quantitative estimate of drug-likeness (QED) is 0.583. The third-order valence-electron chi connectivity index (χ3n) is 5.30. The van der Waals surface area contributed by atoms with E-state index in [1.165, 1.54) is 4.90 Å². The maximum absolute atomic E-state index is 13.1. The molecule has 164 valence electrons. The molecule has 0 radical (unpaired) electrons. The van der Waals surface area contributed by atoms with Gasteiger partial charge in [-0.25, -0.2) is 4.90 Å². The monoisotopic (exact) mass is 444 g/mol. The van der Waals surface area contributed by atoms with Crippen molar-refractivity contribution in [2.24, 2.45) is 0 Å². The lowest BCUT2D eigenvalue weighted by atomic mass is 10.1. The fourth-order valence-corrected chi connectivity index (χ4v) is 3.79. The number of amides is 3. The molecule has 1 unspecified atom stereocenters. The van der Waals surface area contributed by atoms with Crippen molar-refractivity contribution in [3.63, 3.8) is 0 Å². The van der Waals surface area contributed by atoms with Gasteiger partial charge in [-0.3, -0.25) is 14.4 Å². The lowest BCUT2D eigenvalue weighted by Gasteiger charge is -2.27. The third-order valence-corrected chi connectivity index (χ3v) is 5.55. The molecule has 1 heterocycles. The SMILES string of the molecule is CCC(=O)N(CCc1ccc(OC)c(OC)c1)C1CC(=O)N(c2ccc(Cl)cc2)C1=O. The van der Waals surface area contributed by atoms with Crippen LogP contribution in [0.15, 0.2) is 42.5 Å². The number of halogens is 1. The molecule has 0 bridgehead atoms. The number of benzene rings is 2. The third kappa shape index (κ3) is 4.82. The molecule has 0 aliphatic carbocycles. The second kappa shape index (κ2) is 9.83. The molecule has 1 atom stereocenters. The number of anilines is 1. The predicted molar refractivity (Wildman–Crippen MR) is 118 cm³/mol. The minimum absolute atomic E-state index is 0.0425. The molecule has 1 aliphatic heterocycles. The fourth-order valence-electron chi connectivity index (χ4n) is 3.66. The van der Waals surface area contributed by atoms with Crippen molar-refractivity contribution in [2.75, 3.05) is 25.7 Å². The van der Waals surface area contributed by atoms with Gasteiger partial charge in [0.25, 0.3) is 5.91 Å². The van der Waals surface area contributed by atoms with E-state index < -0.39 is 11.9 Å². The zero-order valence-electron chi connectivity index (χ0n) is 17.8. The Kier molecular flexibility index (Phi) is 7.17. The average molecular weight is 445 g/mol. The van der Waals surface area contributed by atoms with E-state index in [0.29, 0.717) is 35.2 Å². The molecule has 8 heteroatoms. The van der Waals surface area contributed by atoms with Crippen molar-refractivity contribution < 1.29 is 23.9 Å². The second-order valence-electron chi connectivity index (χ2n) is 7.14. The number of hydrogen-bond donors (Lipinski definition) is 0. The van der Waals surface area contributed by atoms with E-state index in [-0.39, 0.29) is 24.7 Å². The first kappa shape index (κ1) is 22.6. The van der Waals surface area contributed by atoms with E-state index in [1.807, 2.05) is 12.1 Å². The molecule has 3 rings (SSSR count). The largest absolute Gasteiger partial charge is 0.493 e. The maximum atomic E-state index is 13.1. The Morgan fingerprint density at radius 3 is 2.39 bits per heavy atom. The van der Waals surface area contributed by atoms with Crippen molar-refractivity contribution >= 4 is 35.0 Å². The Balaban J connectivity index is 1.79. The lowest BCUT2D eigenvalue weighted by molar-refractivity contribution is -0.138. The Morgan fingerprint density at radius 2 is 1.77 bits per heavy atom. The van der Waals surface area contributed by atoms with Gasteiger partial charge < -0.3 is 14.4 Å². The van der Waals surface area contributed by atoms with E-state index in [9.17, 15) is 14.4 Å². The average Bonchev–Trinajstić information content (AvgIpc) is 3.07. The van der Waals surface area contributed by atoms with E-state index in [1.54, 1.807) is 51.5 Å². The highest BCUT2D eigenvalue weighted by molar-refractivity contribution is 6.30. The Morgan fingerprint density at radius 1 is 1.10 bits per heavy atom. The first-order chi connectivity index (χ1) is 14.9. The molecule has 0 spiro atoms. The zero-order valence-corrected chi connectivity index (χ0v) is 18.5. The van der Waals surface area contributed by atoms with E-state index in [4.69, 9.17) is 21.1 Å². The predicted octanol–water partition coefficient (Wildman–Crippen LogP) is 3.47. The van der Waals surface area contributed by atoms with Crippen LogP contribution in [0.1, 0.15) is 25.3 Å². The van der Waals surface area contributed by atoms with Crippen molar-refractivity contribution in [1.82, 2.24) is 4.90 Å². The van der Waals surface area contributed by atoms with Gasteiger partial charge in [0.1, 0.15) is 6.04 Å². The summed E-state index contributed by atoms with van der Waals surface area (Å²) in [6, 6.07) is 11.2. The Bertz CT molecular complexity index is 976. The molecule has 7 nitrogen and oxygen atoms in total. The fraction of sp³-hybridized carbons (Fsp3) is 0.348. The molecule has 1 saturated heterocycles. The van der Waals surface area contributed by atoms with Gasteiger partial charge in [0.2, 0.25) is 11.8 Å². The van der Waals surface area contributed by atoms with Gasteiger partial charge in [-0.15, -0.1) is 0 Å². The topological polar surface area (TPSA) is 76.2 Å². The summed E-state index contributed by atoms with van der Waals surface area (Å²) in [4.78, 5) is 41.0. The zero-order chi connectivity index (χ0) is 22.5. The van der Waals surface area contributed by atoms with E-state index in [2.05, 4.69) is 0 Å². The summed E-state index contributed by atoms with van der Waals surface area (Å²) in [5.41, 5.74) is 1.38. The van der Waals surface area contributed by atoms with Gasteiger partial charge in [0, 0.05) is 18.0 Å². The molecule has 3 amide bonds. The Hall–Kier alpha value is -3.06. The summed E-state index contributed by atoms with van der Waals surface area (Å²) in [7, 11) is 3.12. The van der Waals surface area contributed by atoms with E-state index >= 15 is 0 Å². The summed E-state index contributed by atoms with van der Waals surface area (Å²) in [5, 5.41) is 0.511. The van der Waals surface area contributed by atoms with Crippen LogP contribution in [0.5, 0.6) is 11.5 Å². The van der Waals surface area contributed by atoms with Crippen LogP contribution in [0.4, 0.5) is 5.69 Å². The number of rotatable bonds is 8. The van der Waals surface area contributed by atoms with Crippen LogP contribution in [0.25, 0.3) is 0 Å². The number of nitrogens with zero attached hydrogens (tertiary/aromatic N) is 2. The number of carbonyl (C=O) groups is 3. The molecule has 0 N–H and O–H groups in total. The molecule has 1 fully saturated rings. The minimum atomic E-state index is -0.823. The molecule has 0 saturated carbocycles. The van der Waals surface area contributed by atoms with Gasteiger partial charge in [0.05, 0.1) is 26.3 Å². The van der Waals surface area contributed by atoms with Gasteiger partial charge in [-0.2, -0.15) is 0 Å². The van der Waals surface area contributed by atoms with Crippen molar-refractivity contribution in [2.45, 2.75) is 32.2 Å². The molecule has 2 aromatic carbocycles. The van der Waals surface area contributed by atoms with Crippen molar-refractivity contribution in [1.29, 1.82) is 0 Å². The van der Waals surface area contributed by atoms with Crippen LogP contribution < -0.4 is 14.4 Å². The van der Waals surface area contributed by atoms with Crippen LogP contribution in [-0.4, -0.2) is 49.4 Å². The first-order valence-corrected chi connectivity index (χ1v) is 10.4. The Labute approximate surface area is 186 Å². The summed E-state index contributed by atoms with van der Waals surface area (Å²) in [6.07, 6.45) is 0.703.